The number of methoxy groups -OCH3 is 2. The van der Waals surface area contributed by atoms with Crippen molar-refractivity contribution in [1.29, 1.82) is 0 Å². The van der Waals surface area contributed by atoms with Crippen molar-refractivity contribution in [1.82, 2.24) is 15.1 Å². The highest BCUT2D eigenvalue weighted by Crippen LogP contribution is 2.29. The monoisotopic (exact) mass is 588 g/mol. The molecule has 0 aromatic heterocycles. The number of nitrogens with zero attached hydrogens (tertiary/aromatic N) is 2. The van der Waals surface area contributed by atoms with E-state index in [4.69, 9.17) is 36.3 Å². The molecule has 2 unspecified atom stereocenters. The summed E-state index contributed by atoms with van der Waals surface area (Å²) in [4.78, 5) is 30.0. The number of morpholine rings is 1. The van der Waals surface area contributed by atoms with Gasteiger partial charge in [0.15, 0.2) is 0 Å². The standard InChI is InChI=1S/C30H41ClN4O6/c1-38-27-19-25(32)24(31)18-23(27)29(36)33-26-9-11-35(20-28(26)39-2)10-3-4-21-5-7-22(8-6-21)30(37)41-17-14-34-12-15-40-16-13-34/h5-8,18-19,26,28H,3-4,9-17,20,32H2,1-2H3,(H,33,36). The molecule has 2 saturated heterocycles. The van der Waals surface area contributed by atoms with Crippen LogP contribution in [0.15, 0.2) is 36.4 Å². The van der Waals surface area contributed by atoms with Gasteiger partial charge < -0.3 is 34.9 Å². The van der Waals surface area contributed by atoms with Gasteiger partial charge in [0.1, 0.15) is 12.4 Å². The maximum absolute atomic E-state index is 13.0. The summed E-state index contributed by atoms with van der Waals surface area (Å²) in [6, 6.07) is 10.6. The Kier molecular flexibility index (Phi) is 11.6. The molecule has 4 rings (SSSR count). The summed E-state index contributed by atoms with van der Waals surface area (Å²) in [6.45, 7) is 6.81. The van der Waals surface area contributed by atoms with Gasteiger partial charge in [-0.3, -0.25) is 9.69 Å². The first kappa shape index (κ1) is 31.1. The van der Waals surface area contributed by atoms with E-state index in [0.29, 0.717) is 34.2 Å². The Morgan fingerprint density at radius 1 is 1.07 bits per heavy atom. The number of ether oxygens (including phenoxy) is 4. The summed E-state index contributed by atoms with van der Waals surface area (Å²) in [5.74, 6) is -0.179. The van der Waals surface area contributed by atoms with E-state index in [1.165, 1.54) is 18.7 Å². The molecule has 2 atom stereocenters. The van der Waals surface area contributed by atoms with E-state index in [-0.39, 0.29) is 24.0 Å². The molecular weight excluding hydrogens is 548 g/mol. The average Bonchev–Trinajstić information content (AvgIpc) is 2.99. The Morgan fingerprint density at radius 2 is 1.83 bits per heavy atom. The maximum atomic E-state index is 13.0. The number of carbonyl (C=O) groups is 2. The van der Waals surface area contributed by atoms with Crippen LogP contribution in [0.25, 0.3) is 0 Å². The van der Waals surface area contributed by atoms with Gasteiger partial charge in [-0.25, -0.2) is 4.79 Å². The number of aryl methyl sites for hydroxylation is 1. The summed E-state index contributed by atoms with van der Waals surface area (Å²) in [5.41, 5.74) is 8.30. The quantitative estimate of drug-likeness (QED) is 0.285. The number of nitrogens with one attached hydrogen (secondary N) is 1. The fraction of sp³-hybridized carbons (Fsp3) is 0.533. The van der Waals surface area contributed by atoms with E-state index >= 15 is 0 Å². The number of carbonyl (C=O) groups excluding carboxylic acids is 2. The molecule has 2 fully saturated rings. The minimum atomic E-state index is -0.289. The van der Waals surface area contributed by atoms with Crippen molar-refractivity contribution in [3.05, 3.63) is 58.1 Å². The lowest BCUT2D eigenvalue weighted by Crippen LogP contribution is -2.55. The SMILES string of the molecule is COc1cc(N)c(Cl)cc1C(=O)NC1CCN(CCCc2ccc(C(=O)OCCN3CCOCC3)cc2)CC1OC. The van der Waals surface area contributed by atoms with Crippen molar-refractivity contribution in [3.63, 3.8) is 0 Å². The Labute approximate surface area is 247 Å². The van der Waals surface area contributed by atoms with Crippen LogP contribution in [-0.4, -0.2) is 107 Å². The number of likely N-dealkylation sites (tertiary alicyclic amines) is 1. The third kappa shape index (κ3) is 8.80. The lowest BCUT2D eigenvalue weighted by Gasteiger charge is -2.38. The van der Waals surface area contributed by atoms with Crippen LogP contribution in [0.3, 0.4) is 0 Å². The highest BCUT2D eigenvalue weighted by molar-refractivity contribution is 6.33. The summed E-state index contributed by atoms with van der Waals surface area (Å²) in [6.07, 6.45) is 2.49. The molecule has 3 N–H and O–H groups in total. The van der Waals surface area contributed by atoms with E-state index in [1.54, 1.807) is 13.2 Å². The normalized spacial score (nSPS) is 20.0. The van der Waals surface area contributed by atoms with Gasteiger partial charge in [-0.15, -0.1) is 0 Å². The highest BCUT2D eigenvalue weighted by Gasteiger charge is 2.31. The number of nitrogen functional groups attached to an aromatic ring is 1. The number of halogens is 1. The van der Waals surface area contributed by atoms with Gasteiger partial charge in [-0.2, -0.15) is 0 Å². The Balaban J connectivity index is 1.19. The van der Waals surface area contributed by atoms with Crippen molar-refractivity contribution >= 4 is 29.2 Å². The van der Waals surface area contributed by atoms with Gasteiger partial charge in [-0.1, -0.05) is 23.7 Å². The number of anilines is 1. The van der Waals surface area contributed by atoms with Crippen molar-refractivity contribution < 1.29 is 28.5 Å². The Hall–Kier alpha value is -2.89. The second kappa shape index (κ2) is 15.4. The van der Waals surface area contributed by atoms with Gasteiger partial charge in [-0.05, 0) is 49.6 Å². The van der Waals surface area contributed by atoms with E-state index < -0.39 is 0 Å². The molecule has 224 valence electrons. The molecule has 1 amide bonds. The summed E-state index contributed by atoms with van der Waals surface area (Å²) in [5, 5.41) is 3.40. The minimum absolute atomic E-state index is 0.133. The second-order valence-electron chi connectivity index (χ2n) is 10.4. The molecule has 0 saturated carbocycles. The third-order valence-corrected chi connectivity index (χ3v) is 8.03. The number of piperidine rings is 1. The van der Waals surface area contributed by atoms with Crippen LogP contribution in [-0.2, 0) is 20.6 Å². The van der Waals surface area contributed by atoms with Gasteiger partial charge in [0.05, 0.1) is 54.3 Å². The molecule has 2 aliphatic heterocycles. The van der Waals surface area contributed by atoms with Crippen molar-refractivity contribution in [2.45, 2.75) is 31.4 Å². The zero-order valence-electron chi connectivity index (χ0n) is 23.9. The smallest absolute Gasteiger partial charge is 0.338 e. The van der Waals surface area contributed by atoms with Crippen LogP contribution < -0.4 is 15.8 Å². The fourth-order valence-corrected chi connectivity index (χ4v) is 5.40. The maximum Gasteiger partial charge on any atom is 0.338 e. The lowest BCUT2D eigenvalue weighted by atomic mass is 10.00. The van der Waals surface area contributed by atoms with Crippen molar-refractivity contribution in [2.24, 2.45) is 0 Å². The van der Waals surface area contributed by atoms with E-state index in [0.717, 1.165) is 71.7 Å². The highest BCUT2D eigenvalue weighted by atomic mass is 35.5. The molecule has 10 nitrogen and oxygen atoms in total. The molecule has 0 aliphatic carbocycles. The number of amides is 1. The molecule has 11 heteroatoms. The van der Waals surface area contributed by atoms with Gasteiger partial charge >= 0.3 is 5.97 Å². The van der Waals surface area contributed by atoms with Gasteiger partial charge in [0.2, 0.25) is 0 Å². The number of esters is 1. The predicted molar refractivity (Wildman–Crippen MR) is 158 cm³/mol. The van der Waals surface area contributed by atoms with Gasteiger partial charge in [0.25, 0.3) is 5.91 Å². The number of hydrogen-bond donors (Lipinski definition) is 2. The fourth-order valence-electron chi connectivity index (χ4n) is 5.24. The van der Waals surface area contributed by atoms with Crippen LogP contribution in [0.5, 0.6) is 5.75 Å². The molecule has 0 bridgehead atoms. The Bertz CT molecular complexity index is 1160. The second-order valence-corrected chi connectivity index (χ2v) is 10.8. The third-order valence-electron chi connectivity index (χ3n) is 7.70. The molecule has 0 radical (unpaired) electrons. The Morgan fingerprint density at radius 3 is 2.54 bits per heavy atom. The largest absolute Gasteiger partial charge is 0.496 e. The predicted octanol–water partition coefficient (Wildman–Crippen LogP) is 2.87. The minimum Gasteiger partial charge on any atom is -0.496 e. The topological polar surface area (TPSA) is 116 Å². The van der Waals surface area contributed by atoms with Crippen LogP contribution in [0, 0.1) is 0 Å². The van der Waals surface area contributed by atoms with Crippen LogP contribution in [0.1, 0.15) is 39.1 Å². The van der Waals surface area contributed by atoms with Crippen molar-refractivity contribution in [3.8, 4) is 5.75 Å². The van der Waals surface area contributed by atoms with Crippen LogP contribution in [0.2, 0.25) is 5.02 Å². The first-order valence-electron chi connectivity index (χ1n) is 14.1. The first-order valence-corrected chi connectivity index (χ1v) is 14.5. The van der Waals surface area contributed by atoms with Crippen LogP contribution >= 0.6 is 11.6 Å². The summed E-state index contributed by atoms with van der Waals surface area (Å²) >= 11 is 6.14. The molecule has 41 heavy (non-hydrogen) atoms. The molecule has 2 aromatic rings. The zero-order chi connectivity index (χ0) is 29.2. The lowest BCUT2D eigenvalue weighted by molar-refractivity contribution is 0.00616. The number of rotatable bonds is 12. The number of nitrogens with two attached hydrogens (primary N) is 1. The van der Waals surface area contributed by atoms with Crippen LogP contribution in [0.4, 0.5) is 5.69 Å². The van der Waals surface area contributed by atoms with Crippen molar-refractivity contribution in [2.75, 3.05) is 79.0 Å². The number of hydrogen-bond acceptors (Lipinski definition) is 9. The molecule has 2 aliphatic rings. The molecular formula is C30H41ClN4O6. The summed E-state index contributed by atoms with van der Waals surface area (Å²) in [7, 11) is 3.16. The zero-order valence-corrected chi connectivity index (χ0v) is 24.7. The molecule has 2 heterocycles. The molecule has 2 aromatic carbocycles. The molecule has 0 spiro atoms. The van der Waals surface area contributed by atoms with E-state index in [9.17, 15) is 9.59 Å². The first-order chi connectivity index (χ1) is 19.9. The summed E-state index contributed by atoms with van der Waals surface area (Å²) < 4.78 is 21.9. The van der Waals surface area contributed by atoms with Gasteiger partial charge in [0, 0.05) is 45.9 Å². The van der Waals surface area contributed by atoms with E-state index in [2.05, 4.69) is 15.1 Å². The van der Waals surface area contributed by atoms with E-state index in [1.807, 2.05) is 24.3 Å². The average molecular weight is 589 g/mol. The number of benzene rings is 2.